The molecule has 0 spiro atoms. The maximum atomic E-state index is 12.9. The molecule has 2 atom stereocenters. The van der Waals surface area contributed by atoms with Gasteiger partial charge in [-0.25, -0.2) is 4.79 Å². The van der Waals surface area contributed by atoms with Gasteiger partial charge in [0.15, 0.2) is 6.10 Å². The molecule has 0 bridgehead atoms. The van der Waals surface area contributed by atoms with Gasteiger partial charge >= 0.3 is 5.97 Å². The number of hydrogen-bond donors (Lipinski definition) is 1. The quantitative estimate of drug-likeness (QED) is 0.460. The summed E-state index contributed by atoms with van der Waals surface area (Å²) in [5.74, 6) is -0.969. The van der Waals surface area contributed by atoms with Crippen LogP contribution < -0.4 is 5.32 Å². The molecule has 2 unspecified atom stereocenters. The molecule has 0 fully saturated rings. The van der Waals surface area contributed by atoms with Crippen LogP contribution in [0.15, 0.2) is 72.8 Å². The molecule has 0 saturated heterocycles. The van der Waals surface area contributed by atoms with Crippen molar-refractivity contribution in [1.29, 1.82) is 5.26 Å². The summed E-state index contributed by atoms with van der Waals surface area (Å²) in [6.07, 6.45) is -0.664. The van der Waals surface area contributed by atoms with Crippen LogP contribution in [0.2, 0.25) is 0 Å². The van der Waals surface area contributed by atoms with Gasteiger partial charge < -0.3 is 14.8 Å². The third kappa shape index (κ3) is 7.16. The Labute approximate surface area is 194 Å². The highest BCUT2D eigenvalue weighted by atomic mass is 16.5. The van der Waals surface area contributed by atoms with Gasteiger partial charge in [0, 0.05) is 0 Å². The monoisotopic (exact) mass is 444 g/mol. The van der Waals surface area contributed by atoms with E-state index < -0.39 is 24.0 Å². The average molecular weight is 445 g/mol. The summed E-state index contributed by atoms with van der Waals surface area (Å²) in [5, 5.41) is 14.0. The van der Waals surface area contributed by atoms with Crippen LogP contribution in [0.25, 0.3) is 10.8 Å². The number of benzene rings is 3. The van der Waals surface area contributed by atoms with E-state index in [1.54, 1.807) is 12.1 Å². The Bertz CT molecular complexity index is 1120. The fourth-order valence-corrected chi connectivity index (χ4v) is 3.40. The topological polar surface area (TPSA) is 88.4 Å². The van der Waals surface area contributed by atoms with Gasteiger partial charge in [0.05, 0.1) is 24.8 Å². The Morgan fingerprint density at radius 3 is 2.36 bits per heavy atom. The SMILES string of the molecule is CC(C)CC(OC(=O)c1ccc2ccccc2c1)C(=O)NC(C#N)COCc1ccccc1. The summed E-state index contributed by atoms with van der Waals surface area (Å²) >= 11 is 0. The molecule has 3 aromatic rings. The van der Waals surface area contributed by atoms with Gasteiger partial charge in [-0.1, -0.05) is 74.5 Å². The molecule has 1 amide bonds. The number of carbonyl (C=O) groups is 2. The fourth-order valence-electron chi connectivity index (χ4n) is 3.40. The number of fused-ring (bicyclic) bond motifs is 1. The number of ether oxygens (including phenoxy) is 2. The predicted molar refractivity (Wildman–Crippen MR) is 126 cm³/mol. The lowest BCUT2D eigenvalue weighted by Crippen LogP contribution is -2.45. The van der Waals surface area contributed by atoms with Crippen molar-refractivity contribution in [1.82, 2.24) is 5.32 Å². The summed E-state index contributed by atoms with van der Waals surface area (Å²) in [6.45, 7) is 4.25. The Morgan fingerprint density at radius 1 is 0.970 bits per heavy atom. The van der Waals surface area contributed by atoms with E-state index in [9.17, 15) is 14.9 Å². The lowest BCUT2D eigenvalue weighted by atomic mass is 10.0. The highest BCUT2D eigenvalue weighted by Crippen LogP contribution is 2.18. The Morgan fingerprint density at radius 2 is 1.67 bits per heavy atom. The van der Waals surface area contributed by atoms with Crippen molar-refractivity contribution in [2.75, 3.05) is 6.61 Å². The molecule has 0 aliphatic rings. The first-order valence-corrected chi connectivity index (χ1v) is 11.0. The maximum absolute atomic E-state index is 12.9. The van der Waals surface area contributed by atoms with Crippen molar-refractivity contribution in [3.8, 4) is 6.07 Å². The summed E-state index contributed by atoms with van der Waals surface area (Å²) in [6, 6.07) is 23.7. The molecule has 3 rings (SSSR count). The zero-order valence-corrected chi connectivity index (χ0v) is 18.9. The van der Waals surface area contributed by atoms with Crippen molar-refractivity contribution < 1.29 is 19.1 Å². The van der Waals surface area contributed by atoms with Crippen LogP contribution in [-0.4, -0.2) is 30.6 Å². The molecule has 0 aromatic heterocycles. The zero-order chi connectivity index (χ0) is 23.6. The summed E-state index contributed by atoms with van der Waals surface area (Å²) in [5.41, 5.74) is 1.35. The van der Waals surface area contributed by atoms with E-state index in [2.05, 4.69) is 5.32 Å². The van der Waals surface area contributed by atoms with Crippen LogP contribution >= 0.6 is 0 Å². The van der Waals surface area contributed by atoms with E-state index >= 15 is 0 Å². The summed E-state index contributed by atoms with van der Waals surface area (Å²) in [4.78, 5) is 25.6. The Hall–Kier alpha value is -3.69. The van der Waals surface area contributed by atoms with E-state index in [4.69, 9.17) is 9.47 Å². The molecule has 170 valence electrons. The lowest BCUT2D eigenvalue weighted by Gasteiger charge is -2.21. The van der Waals surface area contributed by atoms with E-state index in [0.29, 0.717) is 18.6 Å². The second-order valence-electron chi connectivity index (χ2n) is 8.28. The van der Waals surface area contributed by atoms with Crippen molar-refractivity contribution >= 4 is 22.6 Å². The molecule has 3 aromatic carbocycles. The van der Waals surface area contributed by atoms with Crippen molar-refractivity contribution in [3.63, 3.8) is 0 Å². The normalized spacial score (nSPS) is 12.7. The third-order valence-corrected chi connectivity index (χ3v) is 5.08. The molecular weight excluding hydrogens is 416 g/mol. The first kappa shape index (κ1) is 24.0. The van der Waals surface area contributed by atoms with Crippen molar-refractivity contribution in [3.05, 3.63) is 83.9 Å². The molecule has 6 nitrogen and oxygen atoms in total. The summed E-state index contributed by atoms with van der Waals surface area (Å²) in [7, 11) is 0. The van der Waals surface area contributed by atoms with Gasteiger partial charge in [-0.3, -0.25) is 4.79 Å². The van der Waals surface area contributed by atoms with Crippen LogP contribution in [0.5, 0.6) is 0 Å². The number of esters is 1. The van der Waals surface area contributed by atoms with E-state index in [0.717, 1.165) is 16.3 Å². The van der Waals surface area contributed by atoms with Gasteiger partial charge in [0.2, 0.25) is 0 Å². The molecule has 0 aliphatic heterocycles. The van der Waals surface area contributed by atoms with Crippen molar-refractivity contribution in [2.45, 2.75) is 39.0 Å². The van der Waals surface area contributed by atoms with Gasteiger partial charge in [-0.05, 0) is 40.8 Å². The molecule has 1 N–H and O–H groups in total. The van der Waals surface area contributed by atoms with Crippen LogP contribution in [-0.2, 0) is 20.9 Å². The Kier molecular flexibility index (Phi) is 8.56. The zero-order valence-electron chi connectivity index (χ0n) is 18.9. The van der Waals surface area contributed by atoms with Crippen LogP contribution in [0.4, 0.5) is 0 Å². The number of nitrogens with zero attached hydrogens (tertiary/aromatic N) is 1. The molecular formula is C27H28N2O4. The second-order valence-corrected chi connectivity index (χ2v) is 8.28. The lowest BCUT2D eigenvalue weighted by molar-refractivity contribution is -0.131. The van der Waals surface area contributed by atoms with Crippen LogP contribution in [0.1, 0.15) is 36.2 Å². The minimum Gasteiger partial charge on any atom is -0.449 e. The minimum atomic E-state index is -1.01. The summed E-state index contributed by atoms with van der Waals surface area (Å²) < 4.78 is 11.2. The van der Waals surface area contributed by atoms with E-state index in [-0.39, 0.29) is 12.5 Å². The molecule has 0 heterocycles. The fraction of sp³-hybridized carbons (Fsp3) is 0.296. The molecule has 0 aliphatic carbocycles. The van der Waals surface area contributed by atoms with Gasteiger partial charge in [0.25, 0.3) is 5.91 Å². The number of hydrogen-bond acceptors (Lipinski definition) is 5. The molecule has 33 heavy (non-hydrogen) atoms. The number of nitriles is 1. The number of rotatable bonds is 10. The second kappa shape index (κ2) is 11.8. The first-order valence-electron chi connectivity index (χ1n) is 11.0. The third-order valence-electron chi connectivity index (χ3n) is 5.08. The van der Waals surface area contributed by atoms with Crippen LogP contribution in [0.3, 0.4) is 0 Å². The van der Waals surface area contributed by atoms with Crippen molar-refractivity contribution in [2.24, 2.45) is 5.92 Å². The highest BCUT2D eigenvalue weighted by Gasteiger charge is 2.27. The van der Waals surface area contributed by atoms with Gasteiger partial charge in [-0.2, -0.15) is 5.26 Å². The standard InChI is InChI=1S/C27H28N2O4/c1-19(2)14-25(33-27(31)23-13-12-21-10-6-7-11-22(21)15-23)26(30)29-24(16-28)18-32-17-20-8-4-3-5-9-20/h3-13,15,19,24-25H,14,17-18H2,1-2H3,(H,29,30). The van der Waals surface area contributed by atoms with Crippen LogP contribution in [0, 0.1) is 17.2 Å². The number of amides is 1. The first-order chi connectivity index (χ1) is 16.0. The van der Waals surface area contributed by atoms with Gasteiger partial charge in [-0.15, -0.1) is 0 Å². The molecule has 0 radical (unpaired) electrons. The number of carbonyl (C=O) groups excluding carboxylic acids is 2. The molecule has 0 saturated carbocycles. The highest BCUT2D eigenvalue weighted by molar-refractivity contribution is 5.96. The maximum Gasteiger partial charge on any atom is 0.338 e. The predicted octanol–water partition coefficient (Wildman–Crippen LogP) is 4.64. The largest absolute Gasteiger partial charge is 0.449 e. The Balaban J connectivity index is 1.61. The molecule has 6 heteroatoms. The average Bonchev–Trinajstić information content (AvgIpc) is 2.82. The smallest absolute Gasteiger partial charge is 0.338 e. The van der Waals surface area contributed by atoms with E-state index in [1.165, 1.54) is 0 Å². The van der Waals surface area contributed by atoms with Gasteiger partial charge in [0.1, 0.15) is 6.04 Å². The number of nitrogens with one attached hydrogen (secondary N) is 1. The minimum absolute atomic E-state index is 0.0319. The van der Waals surface area contributed by atoms with E-state index in [1.807, 2.05) is 80.6 Å².